The molecule has 10 heteroatoms. The third-order valence-electron chi connectivity index (χ3n) is 7.46. The van der Waals surface area contributed by atoms with E-state index in [0.717, 1.165) is 11.1 Å². The van der Waals surface area contributed by atoms with Crippen LogP contribution in [0.2, 0.25) is 0 Å². The number of hydrogen-bond acceptors (Lipinski definition) is 7. The van der Waals surface area contributed by atoms with Crippen LogP contribution in [-0.2, 0) is 31.3 Å². The van der Waals surface area contributed by atoms with E-state index >= 15 is 0 Å². The van der Waals surface area contributed by atoms with E-state index in [4.69, 9.17) is 15.2 Å². The van der Waals surface area contributed by atoms with Gasteiger partial charge in [0.05, 0.1) is 18.4 Å². The van der Waals surface area contributed by atoms with Crippen LogP contribution in [-0.4, -0.2) is 41.4 Å². The molecule has 2 aromatic rings. The number of hydrogen-bond donors (Lipinski definition) is 3. The van der Waals surface area contributed by atoms with Crippen LogP contribution in [0, 0.1) is 25.7 Å². The Balaban J connectivity index is 1.44. The molecule has 4 unspecified atom stereocenters. The predicted molar refractivity (Wildman–Crippen MR) is 122 cm³/mol. The number of imide groups is 1. The predicted octanol–water partition coefficient (Wildman–Crippen LogP) is 0.828. The smallest absolute Gasteiger partial charge is 0.250 e. The van der Waals surface area contributed by atoms with Crippen molar-refractivity contribution in [1.29, 1.82) is 0 Å². The first-order valence-corrected chi connectivity index (χ1v) is 11.4. The molecule has 0 aliphatic carbocycles. The molecule has 6 rings (SSSR count). The summed E-state index contributed by atoms with van der Waals surface area (Å²) >= 11 is 0. The summed E-state index contributed by atoms with van der Waals surface area (Å²) in [6.07, 6.45) is -0.173. The highest BCUT2D eigenvalue weighted by Crippen LogP contribution is 2.54. The number of carbonyl (C=O) groups is 4. The minimum Gasteiger partial charge on any atom is -0.454 e. The third-order valence-corrected chi connectivity index (χ3v) is 7.46. The van der Waals surface area contributed by atoms with Crippen molar-refractivity contribution in [2.45, 2.75) is 38.4 Å². The van der Waals surface area contributed by atoms with Gasteiger partial charge in [-0.3, -0.25) is 29.4 Å². The average Bonchev–Trinajstić information content (AvgIpc) is 3.51. The number of carbonyl (C=O) groups excluding carboxylic acids is 4. The molecule has 1 spiro atoms. The number of ether oxygens (including phenoxy) is 2. The zero-order valence-corrected chi connectivity index (χ0v) is 19.2. The highest BCUT2D eigenvalue weighted by atomic mass is 16.7. The van der Waals surface area contributed by atoms with E-state index in [0.29, 0.717) is 28.3 Å². The molecule has 4 N–H and O–H groups in total. The molecule has 4 aliphatic rings. The lowest BCUT2D eigenvalue weighted by atomic mass is 9.76. The van der Waals surface area contributed by atoms with E-state index in [2.05, 4.69) is 10.6 Å². The Labute approximate surface area is 200 Å². The van der Waals surface area contributed by atoms with Gasteiger partial charge in [-0.1, -0.05) is 23.8 Å². The monoisotopic (exact) mass is 476 g/mol. The fourth-order valence-electron chi connectivity index (χ4n) is 6.09. The van der Waals surface area contributed by atoms with Crippen LogP contribution in [0.5, 0.6) is 11.5 Å². The zero-order chi connectivity index (χ0) is 24.6. The molecule has 4 atom stereocenters. The summed E-state index contributed by atoms with van der Waals surface area (Å²) in [6, 6.07) is 8.27. The summed E-state index contributed by atoms with van der Waals surface area (Å²) < 4.78 is 10.8. The van der Waals surface area contributed by atoms with Gasteiger partial charge in [-0.2, -0.15) is 0 Å². The van der Waals surface area contributed by atoms with Crippen molar-refractivity contribution in [3.63, 3.8) is 0 Å². The fraction of sp³-hybridized carbons (Fsp3) is 0.360. The van der Waals surface area contributed by atoms with E-state index in [1.807, 2.05) is 26.0 Å². The second kappa shape index (κ2) is 7.29. The van der Waals surface area contributed by atoms with Gasteiger partial charge in [0.25, 0.3) is 0 Å². The SMILES string of the molecule is Cc1cc(C)c2c(c1)C1(NC(CC(N)=O)C3C(=O)N(Cc4ccc5c(c4)OCO5)C(=O)C31)C(=O)N2. The van der Waals surface area contributed by atoms with E-state index < -0.39 is 47.0 Å². The number of nitrogens with zero attached hydrogens (tertiary/aromatic N) is 1. The standard InChI is InChI=1S/C25H24N4O6/c1-11-5-12(2)21-14(6-11)25(24(33)27-21)20-19(15(28-25)8-18(26)30)22(31)29(23(20)32)9-13-3-4-16-17(7-13)35-10-34-16/h3-7,15,19-20,28H,8-10H2,1-2H3,(H2,26,30)(H,27,33). The number of fused-ring (bicyclic) bond motifs is 5. The first kappa shape index (κ1) is 21.6. The van der Waals surface area contributed by atoms with Crippen molar-refractivity contribution >= 4 is 29.3 Å². The van der Waals surface area contributed by atoms with Gasteiger partial charge in [-0.05, 0) is 37.1 Å². The molecule has 0 saturated carbocycles. The number of amides is 4. The van der Waals surface area contributed by atoms with Crippen molar-refractivity contribution < 1.29 is 28.7 Å². The Morgan fingerprint density at radius 1 is 1.11 bits per heavy atom. The molecule has 4 aliphatic heterocycles. The number of anilines is 1. The highest BCUT2D eigenvalue weighted by Gasteiger charge is 2.70. The topological polar surface area (TPSA) is 140 Å². The van der Waals surface area contributed by atoms with Gasteiger partial charge in [0.1, 0.15) is 5.54 Å². The van der Waals surface area contributed by atoms with Gasteiger partial charge in [-0.15, -0.1) is 0 Å². The molecule has 0 radical (unpaired) electrons. The van der Waals surface area contributed by atoms with E-state index in [1.165, 1.54) is 4.90 Å². The lowest BCUT2D eigenvalue weighted by Crippen LogP contribution is -2.53. The van der Waals surface area contributed by atoms with Crippen LogP contribution in [0.15, 0.2) is 30.3 Å². The third kappa shape index (κ3) is 2.92. The van der Waals surface area contributed by atoms with Crippen molar-refractivity contribution in [2.75, 3.05) is 12.1 Å². The number of benzene rings is 2. The summed E-state index contributed by atoms with van der Waals surface area (Å²) in [4.78, 5) is 54.1. The first-order chi connectivity index (χ1) is 16.7. The Bertz CT molecular complexity index is 1340. The maximum absolute atomic E-state index is 13.9. The zero-order valence-electron chi connectivity index (χ0n) is 19.2. The van der Waals surface area contributed by atoms with Crippen LogP contribution in [0.3, 0.4) is 0 Å². The summed E-state index contributed by atoms with van der Waals surface area (Å²) in [6.45, 7) is 3.92. The molecule has 0 bridgehead atoms. The molecule has 2 aromatic carbocycles. The number of nitrogens with one attached hydrogen (secondary N) is 2. The Morgan fingerprint density at radius 3 is 2.66 bits per heavy atom. The second-order valence-corrected chi connectivity index (χ2v) is 9.64. The van der Waals surface area contributed by atoms with Gasteiger partial charge < -0.3 is 20.5 Å². The fourth-order valence-corrected chi connectivity index (χ4v) is 6.09. The molecule has 4 amide bonds. The lowest BCUT2D eigenvalue weighted by Gasteiger charge is -2.29. The van der Waals surface area contributed by atoms with Crippen molar-refractivity contribution in [3.05, 3.63) is 52.6 Å². The second-order valence-electron chi connectivity index (χ2n) is 9.64. The molecule has 0 aromatic heterocycles. The average molecular weight is 476 g/mol. The van der Waals surface area contributed by atoms with E-state index in [9.17, 15) is 19.2 Å². The van der Waals surface area contributed by atoms with Crippen molar-refractivity contribution in [1.82, 2.24) is 10.2 Å². The normalized spacial score (nSPS) is 28.0. The first-order valence-electron chi connectivity index (χ1n) is 11.4. The summed E-state index contributed by atoms with van der Waals surface area (Å²) in [5, 5.41) is 6.13. The lowest BCUT2D eigenvalue weighted by molar-refractivity contribution is -0.143. The molecular formula is C25H24N4O6. The number of rotatable bonds is 4. The summed E-state index contributed by atoms with van der Waals surface area (Å²) in [5.41, 5.74) is 7.74. The quantitative estimate of drug-likeness (QED) is 0.555. The maximum Gasteiger partial charge on any atom is 0.250 e. The minimum absolute atomic E-state index is 0.0159. The van der Waals surface area contributed by atoms with Crippen LogP contribution in [0.1, 0.15) is 28.7 Å². The molecule has 4 heterocycles. The van der Waals surface area contributed by atoms with Gasteiger partial charge in [-0.25, -0.2) is 0 Å². The van der Waals surface area contributed by atoms with Crippen molar-refractivity contribution in [2.24, 2.45) is 17.6 Å². The number of nitrogens with two attached hydrogens (primary N) is 1. The highest BCUT2D eigenvalue weighted by molar-refractivity contribution is 6.15. The Hall–Kier alpha value is -3.92. The van der Waals surface area contributed by atoms with Gasteiger partial charge in [0.2, 0.25) is 30.4 Å². The van der Waals surface area contributed by atoms with Crippen LogP contribution >= 0.6 is 0 Å². The number of primary amides is 1. The molecule has 2 saturated heterocycles. The van der Waals surface area contributed by atoms with Crippen LogP contribution in [0.4, 0.5) is 5.69 Å². The molecule has 35 heavy (non-hydrogen) atoms. The summed E-state index contributed by atoms with van der Waals surface area (Å²) in [7, 11) is 0. The molecule has 10 nitrogen and oxygen atoms in total. The number of likely N-dealkylation sites (tertiary alicyclic amines) is 1. The maximum atomic E-state index is 13.9. The summed E-state index contributed by atoms with van der Waals surface area (Å²) in [5.74, 6) is -2.68. The number of aryl methyl sites for hydroxylation is 2. The van der Waals surface area contributed by atoms with Crippen molar-refractivity contribution in [3.8, 4) is 11.5 Å². The molecule has 2 fully saturated rings. The van der Waals surface area contributed by atoms with E-state index in [1.54, 1.807) is 18.2 Å². The van der Waals surface area contributed by atoms with Crippen LogP contribution in [0.25, 0.3) is 0 Å². The Kier molecular flexibility index (Phi) is 4.50. The Morgan fingerprint density at radius 2 is 1.89 bits per heavy atom. The molecular weight excluding hydrogens is 452 g/mol. The minimum atomic E-state index is -1.47. The molecule has 180 valence electrons. The largest absolute Gasteiger partial charge is 0.454 e. The van der Waals surface area contributed by atoms with Gasteiger partial charge in [0, 0.05) is 23.7 Å². The van der Waals surface area contributed by atoms with Gasteiger partial charge in [0.15, 0.2) is 11.5 Å². The van der Waals surface area contributed by atoms with Gasteiger partial charge >= 0.3 is 0 Å². The van der Waals surface area contributed by atoms with E-state index in [-0.39, 0.29) is 19.8 Å². The van der Waals surface area contributed by atoms with Crippen LogP contribution < -0.4 is 25.8 Å².